The molecule has 0 saturated heterocycles. The second kappa shape index (κ2) is 7.10. The molecule has 1 unspecified atom stereocenters. The molecule has 2 aromatic carbocycles. The number of aliphatic hydroxyl groups is 1. The number of benzene rings is 2. The van der Waals surface area contributed by atoms with Gasteiger partial charge in [-0.3, -0.25) is 0 Å². The molecule has 0 spiro atoms. The first-order valence-electron chi connectivity index (χ1n) is 7.06. The average Bonchev–Trinajstić information content (AvgIpc) is 2.43. The summed E-state index contributed by atoms with van der Waals surface area (Å²) in [6.45, 7) is 4.20. The predicted octanol–water partition coefficient (Wildman–Crippen LogP) is 4.22. The number of ether oxygens (including phenoxy) is 1. The van der Waals surface area contributed by atoms with Crippen LogP contribution in [0.5, 0.6) is 5.75 Å². The summed E-state index contributed by atoms with van der Waals surface area (Å²) in [7, 11) is 1.66. The van der Waals surface area contributed by atoms with Crippen molar-refractivity contribution in [3.05, 3.63) is 63.1 Å². The molecule has 112 valence electrons. The van der Waals surface area contributed by atoms with Crippen LogP contribution >= 0.6 is 15.9 Å². The van der Waals surface area contributed by atoms with Crippen molar-refractivity contribution in [2.75, 3.05) is 7.11 Å². The van der Waals surface area contributed by atoms with Gasteiger partial charge >= 0.3 is 0 Å². The molecular formula is C18H21BrO2. The van der Waals surface area contributed by atoms with E-state index in [0.29, 0.717) is 12.8 Å². The molecular weight excluding hydrogens is 328 g/mol. The van der Waals surface area contributed by atoms with E-state index in [1.165, 1.54) is 16.7 Å². The van der Waals surface area contributed by atoms with Crippen molar-refractivity contribution in [3.63, 3.8) is 0 Å². The molecule has 2 aromatic rings. The van der Waals surface area contributed by atoms with Crippen molar-refractivity contribution in [2.24, 2.45) is 0 Å². The Morgan fingerprint density at radius 3 is 2.48 bits per heavy atom. The lowest BCUT2D eigenvalue weighted by atomic mass is 9.98. The maximum Gasteiger partial charge on any atom is 0.122 e. The van der Waals surface area contributed by atoms with Gasteiger partial charge < -0.3 is 9.84 Å². The van der Waals surface area contributed by atoms with Gasteiger partial charge in [0.25, 0.3) is 0 Å². The molecule has 0 aliphatic heterocycles. The van der Waals surface area contributed by atoms with Crippen molar-refractivity contribution in [1.82, 2.24) is 0 Å². The third-order valence-electron chi connectivity index (χ3n) is 3.74. The van der Waals surface area contributed by atoms with Crippen LogP contribution in [-0.2, 0) is 12.8 Å². The maximum absolute atomic E-state index is 10.4. The monoisotopic (exact) mass is 348 g/mol. The summed E-state index contributed by atoms with van der Waals surface area (Å²) in [6, 6.07) is 12.2. The largest absolute Gasteiger partial charge is 0.496 e. The zero-order chi connectivity index (χ0) is 15.4. The van der Waals surface area contributed by atoms with Crippen molar-refractivity contribution in [2.45, 2.75) is 32.8 Å². The van der Waals surface area contributed by atoms with Gasteiger partial charge in [0.15, 0.2) is 0 Å². The Kier molecular flexibility index (Phi) is 5.43. The molecule has 0 heterocycles. The Hall–Kier alpha value is -1.32. The zero-order valence-corrected chi connectivity index (χ0v) is 14.3. The quantitative estimate of drug-likeness (QED) is 0.876. The summed E-state index contributed by atoms with van der Waals surface area (Å²) in [6.07, 6.45) is 0.807. The molecule has 0 aliphatic rings. The highest BCUT2D eigenvalue weighted by Gasteiger charge is 2.12. The molecule has 2 nitrogen and oxygen atoms in total. The van der Waals surface area contributed by atoms with Crippen LogP contribution in [0.15, 0.2) is 40.9 Å². The Morgan fingerprint density at radius 2 is 1.81 bits per heavy atom. The maximum atomic E-state index is 10.4. The van der Waals surface area contributed by atoms with Crippen molar-refractivity contribution < 1.29 is 9.84 Å². The van der Waals surface area contributed by atoms with E-state index < -0.39 is 6.10 Å². The fraction of sp³-hybridized carbons (Fsp3) is 0.333. The van der Waals surface area contributed by atoms with E-state index in [4.69, 9.17) is 4.74 Å². The van der Waals surface area contributed by atoms with Crippen LogP contribution in [0, 0.1) is 13.8 Å². The zero-order valence-electron chi connectivity index (χ0n) is 12.7. The minimum absolute atomic E-state index is 0.421. The molecule has 0 aromatic heterocycles. The van der Waals surface area contributed by atoms with Gasteiger partial charge in [0.2, 0.25) is 0 Å². The summed E-state index contributed by atoms with van der Waals surface area (Å²) in [5, 5.41) is 10.4. The first kappa shape index (κ1) is 16.1. The minimum Gasteiger partial charge on any atom is -0.496 e. The summed E-state index contributed by atoms with van der Waals surface area (Å²) >= 11 is 3.46. The van der Waals surface area contributed by atoms with E-state index in [-0.39, 0.29) is 0 Å². The third-order valence-corrected chi connectivity index (χ3v) is 4.23. The van der Waals surface area contributed by atoms with Crippen LogP contribution in [0.1, 0.15) is 22.3 Å². The van der Waals surface area contributed by atoms with Crippen LogP contribution in [0.3, 0.4) is 0 Å². The third kappa shape index (κ3) is 4.32. The van der Waals surface area contributed by atoms with E-state index in [0.717, 1.165) is 15.8 Å². The van der Waals surface area contributed by atoms with Gasteiger partial charge in [-0.25, -0.2) is 0 Å². The smallest absolute Gasteiger partial charge is 0.122 e. The van der Waals surface area contributed by atoms with Gasteiger partial charge in [-0.15, -0.1) is 0 Å². The predicted molar refractivity (Wildman–Crippen MR) is 90.0 cm³/mol. The van der Waals surface area contributed by atoms with Gasteiger partial charge in [0.05, 0.1) is 13.2 Å². The average molecular weight is 349 g/mol. The van der Waals surface area contributed by atoms with E-state index in [2.05, 4.69) is 48.0 Å². The van der Waals surface area contributed by atoms with Gasteiger partial charge in [-0.05, 0) is 60.7 Å². The number of methoxy groups -OCH3 is 1. The number of hydrogen-bond donors (Lipinski definition) is 1. The van der Waals surface area contributed by atoms with Gasteiger partial charge in [-0.1, -0.05) is 34.1 Å². The highest BCUT2D eigenvalue weighted by molar-refractivity contribution is 9.10. The topological polar surface area (TPSA) is 29.5 Å². The first-order valence-corrected chi connectivity index (χ1v) is 7.85. The van der Waals surface area contributed by atoms with Crippen molar-refractivity contribution in [1.29, 1.82) is 0 Å². The summed E-state index contributed by atoms with van der Waals surface area (Å²) in [4.78, 5) is 0. The highest BCUT2D eigenvalue weighted by Crippen LogP contribution is 2.25. The standard InChI is InChI=1S/C18H21BrO2/c1-12-4-5-14(8-13(12)2)9-17(20)11-15-10-16(19)6-7-18(15)21-3/h4-8,10,17,20H,9,11H2,1-3H3. The SMILES string of the molecule is COc1ccc(Br)cc1CC(O)Cc1ccc(C)c(C)c1. The molecule has 21 heavy (non-hydrogen) atoms. The Bertz CT molecular complexity index is 623. The number of halogens is 1. The molecule has 1 atom stereocenters. The van der Waals surface area contributed by atoms with E-state index in [1.807, 2.05) is 18.2 Å². The van der Waals surface area contributed by atoms with Crippen LogP contribution in [0.4, 0.5) is 0 Å². The molecule has 0 fully saturated rings. The van der Waals surface area contributed by atoms with Crippen LogP contribution in [0.2, 0.25) is 0 Å². The molecule has 0 amide bonds. The number of rotatable bonds is 5. The summed E-state index contributed by atoms with van der Waals surface area (Å²) < 4.78 is 6.35. The molecule has 0 bridgehead atoms. The van der Waals surface area contributed by atoms with E-state index >= 15 is 0 Å². The van der Waals surface area contributed by atoms with Crippen LogP contribution in [-0.4, -0.2) is 18.3 Å². The van der Waals surface area contributed by atoms with Crippen molar-refractivity contribution >= 4 is 15.9 Å². The molecule has 3 heteroatoms. The van der Waals surface area contributed by atoms with E-state index in [1.54, 1.807) is 7.11 Å². The molecule has 0 radical (unpaired) electrons. The van der Waals surface area contributed by atoms with Crippen LogP contribution < -0.4 is 4.74 Å². The van der Waals surface area contributed by atoms with Gasteiger partial charge in [0, 0.05) is 10.9 Å². The molecule has 0 saturated carbocycles. The minimum atomic E-state index is -0.421. The van der Waals surface area contributed by atoms with Gasteiger partial charge in [-0.2, -0.15) is 0 Å². The summed E-state index contributed by atoms with van der Waals surface area (Å²) in [5.74, 6) is 0.817. The lowest BCUT2D eigenvalue weighted by molar-refractivity contribution is 0.174. The first-order chi connectivity index (χ1) is 9.99. The van der Waals surface area contributed by atoms with E-state index in [9.17, 15) is 5.11 Å². The highest BCUT2D eigenvalue weighted by atomic mass is 79.9. The van der Waals surface area contributed by atoms with Gasteiger partial charge in [0.1, 0.15) is 5.75 Å². The molecule has 2 rings (SSSR count). The Morgan fingerprint density at radius 1 is 1.05 bits per heavy atom. The second-order valence-electron chi connectivity index (χ2n) is 5.44. The normalized spacial score (nSPS) is 12.2. The number of hydrogen-bond acceptors (Lipinski definition) is 2. The Balaban J connectivity index is 2.09. The molecule has 1 N–H and O–H groups in total. The lowest BCUT2D eigenvalue weighted by Crippen LogP contribution is -2.14. The lowest BCUT2D eigenvalue weighted by Gasteiger charge is -2.14. The molecule has 0 aliphatic carbocycles. The fourth-order valence-electron chi connectivity index (χ4n) is 2.44. The fourth-order valence-corrected chi connectivity index (χ4v) is 2.84. The second-order valence-corrected chi connectivity index (χ2v) is 6.35. The van der Waals surface area contributed by atoms with Crippen LogP contribution in [0.25, 0.3) is 0 Å². The Labute approximate surface area is 134 Å². The summed E-state index contributed by atoms with van der Waals surface area (Å²) in [5.41, 5.74) is 4.73. The number of aryl methyl sites for hydroxylation is 2. The number of aliphatic hydroxyl groups excluding tert-OH is 1. The van der Waals surface area contributed by atoms with Crippen molar-refractivity contribution in [3.8, 4) is 5.75 Å².